The molecule has 1 aromatic carbocycles. The van der Waals surface area contributed by atoms with Crippen molar-refractivity contribution in [2.24, 2.45) is 4.99 Å². The van der Waals surface area contributed by atoms with Gasteiger partial charge in [0.1, 0.15) is 17.9 Å². The second-order valence-corrected chi connectivity index (χ2v) is 7.42. The van der Waals surface area contributed by atoms with Crippen LogP contribution >= 0.6 is 11.3 Å². The highest BCUT2D eigenvalue weighted by atomic mass is 32.1. The molecule has 0 atom stereocenters. The van der Waals surface area contributed by atoms with E-state index in [0.29, 0.717) is 21.8 Å². The van der Waals surface area contributed by atoms with E-state index < -0.39 is 11.9 Å². The number of methoxy groups -OCH3 is 1. The van der Waals surface area contributed by atoms with E-state index in [1.807, 2.05) is 43.3 Å². The minimum absolute atomic E-state index is 0.0161. The summed E-state index contributed by atoms with van der Waals surface area (Å²) in [5.41, 5.74) is 3.63. The normalized spacial score (nSPS) is 12.0. The van der Waals surface area contributed by atoms with Crippen molar-refractivity contribution in [3.8, 4) is 0 Å². The highest BCUT2D eigenvalue weighted by Gasteiger charge is 2.17. The van der Waals surface area contributed by atoms with Crippen molar-refractivity contribution in [1.82, 2.24) is 14.0 Å². The molecular weight excluding hydrogens is 376 g/mol. The fourth-order valence-corrected chi connectivity index (χ4v) is 4.25. The summed E-state index contributed by atoms with van der Waals surface area (Å²) in [5, 5.41) is 0. The van der Waals surface area contributed by atoms with E-state index in [0.717, 1.165) is 15.8 Å². The number of aryl methyl sites for hydroxylation is 2. The molecule has 0 N–H and O–H groups in total. The van der Waals surface area contributed by atoms with Crippen LogP contribution in [0, 0.1) is 13.8 Å². The number of ether oxygens (including phenoxy) is 1. The van der Waals surface area contributed by atoms with Gasteiger partial charge >= 0.3 is 5.97 Å². The number of benzene rings is 1. The van der Waals surface area contributed by atoms with Gasteiger partial charge < -0.3 is 9.30 Å². The summed E-state index contributed by atoms with van der Waals surface area (Å²) in [4.78, 5) is 34.1. The van der Waals surface area contributed by atoms with Gasteiger partial charge in [0.15, 0.2) is 4.80 Å². The van der Waals surface area contributed by atoms with Crippen LogP contribution in [0.4, 0.5) is 0 Å². The molecule has 7 nitrogen and oxygen atoms in total. The third-order valence-corrected chi connectivity index (χ3v) is 5.50. The maximum Gasteiger partial charge on any atom is 0.325 e. The molecule has 0 bridgehead atoms. The monoisotopic (exact) mass is 394 g/mol. The molecule has 0 fully saturated rings. The van der Waals surface area contributed by atoms with Gasteiger partial charge in [0.2, 0.25) is 0 Å². The van der Waals surface area contributed by atoms with Crippen molar-refractivity contribution in [3.05, 3.63) is 64.3 Å². The second-order valence-electron chi connectivity index (χ2n) is 6.41. The van der Waals surface area contributed by atoms with Gasteiger partial charge in [0.25, 0.3) is 5.91 Å². The quantitative estimate of drug-likeness (QED) is 0.501. The van der Waals surface area contributed by atoms with E-state index in [9.17, 15) is 9.59 Å². The number of esters is 1. The van der Waals surface area contributed by atoms with Gasteiger partial charge in [-0.05, 0) is 43.7 Å². The van der Waals surface area contributed by atoms with Crippen LogP contribution in [0.3, 0.4) is 0 Å². The van der Waals surface area contributed by atoms with Crippen molar-refractivity contribution in [2.45, 2.75) is 20.4 Å². The van der Waals surface area contributed by atoms with E-state index in [-0.39, 0.29) is 6.54 Å². The first-order valence-corrected chi connectivity index (χ1v) is 9.49. The molecule has 142 valence electrons. The molecule has 3 heterocycles. The van der Waals surface area contributed by atoms with Gasteiger partial charge in [0, 0.05) is 6.20 Å². The maximum atomic E-state index is 13.0. The number of hydrogen-bond donors (Lipinski definition) is 0. The molecule has 4 rings (SSSR count). The second kappa shape index (κ2) is 7.05. The Kier molecular flexibility index (Phi) is 4.56. The van der Waals surface area contributed by atoms with Gasteiger partial charge in [-0.3, -0.25) is 14.0 Å². The molecule has 0 aliphatic carbocycles. The van der Waals surface area contributed by atoms with Crippen LogP contribution < -0.4 is 4.80 Å². The Hall–Kier alpha value is -3.26. The lowest BCUT2D eigenvalue weighted by atomic mass is 10.2. The first-order valence-electron chi connectivity index (χ1n) is 8.67. The van der Waals surface area contributed by atoms with Gasteiger partial charge in [-0.1, -0.05) is 23.5 Å². The minimum Gasteiger partial charge on any atom is -0.468 e. The molecule has 0 aliphatic rings. The fraction of sp³-hybridized carbons (Fsp3) is 0.200. The molecule has 4 aromatic rings. The molecule has 0 aliphatic heterocycles. The lowest BCUT2D eigenvalue weighted by molar-refractivity contribution is -0.141. The number of fused-ring (bicyclic) bond motifs is 2. The summed E-state index contributed by atoms with van der Waals surface area (Å²) >= 11 is 1.37. The van der Waals surface area contributed by atoms with Crippen molar-refractivity contribution in [1.29, 1.82) is 0 Å². The van der Waals surface area contributed by atoms with Crippen molar-refractivity contribution in [2.75, 3.05) is 7.11 Å². The molecule has 0 radical (unpaired) electrons. The number of nitrogens with zero attached hydrogens (tertiary/aromatic N) is 4. The number of rotatable bonds is 3. The van der Waals surface area contributed by atoms with Gasteiger partial charge in [0.05, 0.1) is 23.0 Å². The summed E-state index contributed by atoms with van der Waals surface area (Å²) in [6.45, 7) is 3.76. The van der Waals surface area contributed by atoms with Crippen LogP contribution in [-0.2, 0) is 16.1 Å². The number of imidazole rings is 1. The number of hydrogen-bond acceptors (Lipinski definition) is 5. The van der Waals surface area contributed by atoms with Crippen molar-refractivity contribution < 1.29 is 14.3 Å². The molecule has 1 amide bonds. The van der Waals surface area contributed by atoms with E-state index in [1.165, 1.54) is 18.4 Å². The zero-order valence-corrected chi connectivity index (χ0v) is 16.5. The molecule has 3 aromatic heterocycles. The van der Waals surface area contributed by atoms with Crippen LogP contribution in [0.15, 0.2) is 47.6 Å². The largest absolute Gasteiger partial charge is 0.468 e. The molecule has 0 saturated carbocycles. The van der Waals surface area contributed by atoms with E-state index in [2.05, 4.69) is 9.98 Å². The average molecular weight is 394 g/mol. The maximum absolute atomic E-state index is 13.0. The molecule has 0 saturated heterocycles. The molecule has 0 spiro atoms. The zero-order valence-electron chi connectivity index (χ0n) is 15.7. The summed E-state index contributed by atoms with van der Waals surface area (Å²) < 4.78 is 9.19. The third-order valence-electron chi connectivity index (χ3n) is 4.46. The number of aromatic nitrogens is 3. The topological polar surface area (TPSA) is 78.0 Å². The first kappa shape index (κ1) is 18.1. The van der Waals surface area contributed by atoms with E-state index in [1.54, 1.807) is 22.1 Å². The van der Waals surface area contributed by atoms with E-state index >= 15 is 0 Å². The van der Waals surface area contributed by atoms with Crippen LogP contribution in [0.2, 0.25) is 0 Å². The Morgan fingerprint density at radius 3 is 2.82 bits per heavy atom. The lowest BCUT2D eigenvalue weighted by Gasteiger charge is -2.04. The van der Waals surface area contributed by atoms with Gasteiger partial charge in [-0.15, -0.1) is 0 Å². The Morgan fingerprint density at radius 1 is 1.21 bits per heavy atom. The Bertz CT molecular complexity index is 1300. The van der Waals surface area contributed by atoms with Gasteiger partial charge in [-0.25, -0.2) is 4.98 Å². The minimum atomic E-state index is -0.405. The van der Waals surface area contributed by atoms with Gasteiger partial charge in [-0.2, -0.15) is 4.99 Å². The molecule has 0 unspecified atom stereocenters. The van der Waals surface area contributed by atoms with Crippen LogP contribution in [-0.4, -0.2) is 32.9 Å². The molecule has 28 heavy (non-hydrogen) atoms. The predicted octanol–water partition coefficient (Wildman–Crippen LogP) is 2.88. The van der Waals surface area contributed by atoms with Crippen LogP contribution in [0.1, 0.15) is 21.7 Å². The molecule has 8 heteroatoms. The summed E-state index contributed by atoms with van der Waals surface area (Å²) in [6.07, 6.45) is 1.79. The van der Waals surface area contributed by atoms with Crippen molar-refractivity contribution >= 4 is 39.1 Å². The summed E-state index contributed by atoms with van der Waals surface area (Å²) in [7, 11) is 1.34. The van der Waals surface area contributed by atoms with Crippen LogP contribution in [0.25, 0.3) is 15.9 Å². The Balaban J connectivity index is 1.90. The number of carbonyl (C=O) groups excluding carboxylic acids is 2. The summed E-state index contributed by atoms with van der Waals surface area (Å²) in [6, 6.07) is 11.4. The van der Waals surface area contributed by atoms with E-state index in [4.69, 9.17) is 4.74 Å². The first-order chi connectivity index (χ1) is 13.5. The summed E-state index contributed by atoms with van der Waals surface area (Å²) in [5.74, 6) is -0.807. The third kappa shape index (κ3) is 3.11. The smallest absolute Gasteiger partial charge is 0.325 e. The average Bonchev–Trinajstić information content (AvgIpc) is 3.17. The standard InChI is InChI=1S/C20H18N4O3S/c1-12-7-8-14-15(10-12)28-20(24(14)11-17(25)27-3)22-19(26)18-13(2)21-16-6-4-5-9-23(16)18/h4-10H,11H2,1-3H3. The van der Waals surface area contributed by atoms with Crippen molar-refractivity contribution in [3.63, 3.8) is 0 Å². The number of thiazole rings is 1. The Labute approximate surface area is 164 Å². The highest BCUT2D eigenvalue weighted by molar-refractivity contribution is 7.16. The predicted molar refractivity (Wildman–Crippen MR) is 106 cm³/mol. The number of carbonyl (C=O) groups is 2. The number of pyridine rings is 1. The lowest BCUT2D eigenvalue weighted by Crippen LogP contribution is -2.22. The SMILES string of the molecule is COC(=O)Cn1c(=NC(=O)c2c(C)nc3ccccn23)sc2cc(C)ccc21. The van der Waals surface area contributed by atoms with Crippen LogP contribution in [0.5, 0.6) is 0 Å². The highest BCUT2D eigenvalue weighted by Crippen LogP contribution is 2.19. The Morgan fingerprint density at radius 2 is 2.04 bits per heavy atom. The number of amides is 1. The molecular formula is C20H18N4O3S. The fourth-order valence-electron chi connectivity index (χ4n) is 3.12. The zero-order chi connectivity index (χ0) is 19.8.